The van der Waals surface area contributed by atoms with Crippen molar-refractivity contribution in [3.05, 3.63) is 65.7 Å². The van der Waals surface area contributed by atoms with Crippen LogP contribution in [0.2, 0.25) is 0 Å². The zero-order valence-corrected chi connectivity index (χ0v) is 16.2. The van der Waals surface area contributed by atoms with Crippen LogP contribution in [0.15, 0.2) is 54.6 Å². The molecule has 1 aliphatic rings. The van der Waals surface area contributed by atoms with E-state index in [9.17, 15) is 9.59 Å². The smallest absolute Gasteiger partial charge is 0.260 e. The molecular formula is C21H25ClN2O3. The van der Waals surface area contributed by atoms with Gasteiger partial charge in [-0.05, 0) is 44.2 Å². The average molecular weight is 389 g/mol. The van der Waals surface area contributed by atoms with E-state index in [1.807, 2.05) is 30.1 Å². The van der Waals surface area contributed by atoms with Gasteiger partial charge in [0.05, 0.1) is 0 Å². The highest BCUT2D eigenvalue weighted by Gasteiger charge is 2.28. The molecule has 3 rings (SSSR count). The summed E-state index contributed by atoms with van der Waals surface area (Å²) in [6.45, 7) is 1.62. The first-order valence-electron chi connectivity index (χ1n) is 8.95. The number of halogens is 1. The van der Waals surface area contributed by atoms with Gasteiger partial charge in [-0.1, -0.05) is 30.3 Å². The average Bonchev–Trinajstić information content (AvgIpc) is 3.15. The van der Waals surface area contributed by atoms with Crippen molar-refractivity contribution in [3.63, 3.8) is 0 Å². The van der Waals surface area contributed by atoms with Crippen LogP contribution >= 0.6 is 12.4 Å². The predicted octanol–water partition coefficient (Wildman–Crippen LogP) is 2.93. The molecule has 6 heteroatoms. The Balaban J connectivity index is 0.00000261. The first-order chi connectivity index (χ1) is 12.7. The molecular weight excluding hydrogens is 364 g/mol. The zero-order valence-electron chi connectivity index (χ0n) is 15.4. The molecule has 144 valence electrons. The molecule has 0 aliphatic carbocycles. The second kappa shape index (κ2) is 10.1. The number of rotatable bonds is 7. The van der Waals surface area contributed by atoms with Crippen molar-refractivity contribution in [1.29, 1.82) is 0 Å². The number of hydrogen-bond donors (Lipinski definition) is 1. The van der Waals surface area contributed by atoms with E-state index >= 15 is 0 Å². The first kappa shape index (κ1) is 20.9. The SMILES string of the molecule is CNCC1CCCN1C(=O)COc1ccc(C(=O)c2ccccc2)cc1.Cl. The van der Waals surface area contributed by atoms with E-state index < -0.39 is 0 Å². The van der Waals surface area contributed by atoms with Crippen LogP contribution in [-0.4, -0.2) is 49.4 Å². The van der Waals surface area contributed by atoms with Crippen LogP contribution in [0.3, 0.4) is 0 Å². The summed E-state index contributed by atoms with van der Waals surface area (Å²) in [5, 5.41) is 3.13. The van der Waals surface area contributed by atoms with Crippen molar-refractivity contribution in [2.45, 2.75) is 18.9 Å². The van der Waals surface area contributed by atoms with Gasteiger partial charge in [-0.15, -0.1) is 12.4 Å². The summed E-state index contributed by atoms with van der Waals surface area (Å²) in [5.41, 5.74) is 1.25. The summed E-state index contributed by atoms with van der Waals surface area (Å²) >= 11 is 0. The maximum absolute atomic E-state index is 12.4. The third-order valence-corrected chi connectivity index (χ3v) is 4.65. The number of ketones is 1. The molecule has 1 fully saturated rings. The Hall–Kier alpha value is -2.37. The highest BCUT2D eigenvalue weighted by atomic mass is 35.5. The van der Waals surface area contributed by atoms with E-state index in [4.69, 9.17) is 4.74 Å². The van der Waals surface area contributed by atoms with Crippen LogP contribution in [-0.2, 0) is 4.79 Å². The van der Waals surface area contributed by atoms with E-state index in [1.165, 1.54) is 0 Å². The molecule has 0 bridgehead atoms. The number of amides is 1. The van der Waals surface area contributed by atoms with Crippen molar-refractivity contribution in [3.8, 4) is 5.75 Å². The minimum atomic E-state index is -0.0276. The van der Waals surface area contributed by atoms with Crippen molar-refractivity contribution >= 4 is 24.1 Å². The molecule has 27 heavy (non-hydrogen) atoms. The topological polar surface area (TPSA) is 58.6 Å². The molecule has 2 aromatic carbocycles. The molecule has 0 aromatic heterocycles. The maximum Gasteiger partial charge on any atom is 0.260 e. The number of nitrogens with zero attached hydrogens (tertiary/aromatic N) is 1. The van der Waals surface area contributed by atoms with Crippen molar-refractivity contribution in [2.75, 3.05) is 26.7 Å². The van der Waals surface area contributed by atoms with E-state index in [-0.39, 0.29) is 36.7 Å². The second-order valence-corrected chi connectivity index (χ2v) is 6.45. The van der Waals surface area contributed by atoms with E-state index in [0.29, 0.717) is 16.9 Å². The second-order valence-electron chi connectivity index (χ2n) is 6.45. The van der Waals surface area contributed by atoms with Gasteiger partial charge in [0, 0.05) is 30.3 Å². The predicted molar refractivity (Wildman–Crippen MR) is 108 cm³/mol. The molecule has 0 radical (unpaired) electrons. The molecule has 0 spiro atoms. The molecule has 1 aliphatic heterocycles. The highest BCUT2D eigenvalue weighted by Crippen LogP contribution is 2.18. The number of likely N-dealkylation sites (N-methyl/N-ethyl adjacent to an activating group) is 1. The monoisotopic (exact) mass is 388 g/mol. The normalized spacial score (nSPS) is 15.9. The van der Waals surface area contributed by atoms with Gasteiger partial charge in [-0.25, -0.2) is 0 Å². The van der Waals surface area contributed by atoms with Crippen LogP contribution in [0, 0.1) is 0 Å². The Morgan fingerprint density at radius 1 is 1.07 bits per heavy atom. The maximum atomic E-state index is 12.4. The van der Waals surface area contributed by atoms with E-state index in [2.05, 4.69) is 5.32 Å². The molecule has 1 unspecified atom stereocenters. The standard InChI is InChI=1S/C21H24N2O3.ClH/c1-22-14-18-8-5-13-23(18)20(24)15-26-19-11-9-17(10-12-19)21(25)16-6-3-2-4-7-16;/h2-4,6-7,9-12,18,22H,5,8,13-15H2,1H3;1H. The summed E-state index contributed by atoms with van der Waals surface area (Å²) in [7, 11) is 1.90. The third-order valence-electron chi connectivity index (χ3n) is 4.65. The Morgan fingerprint density at radius 3 is 2.41 bits per heavy atom. The van der Waals surface area contributed by atoms with Gasteiger partial charge in [0.15, 0.2) is 12.4 Å². The largest absolute Gasteiger partial charge is 0.484 e. The van der Waals surface area contributed by atoms with Gasteiger partial charge >= 0.3 is 0 Å². The molecule has 1 heterocycles. The lowest BCUT2D eigenvalue weighted by molar-refractivity contribution is -0.134. The molecule has 5 nitrogen and oxygen atoms in total. The molecule has 1 atom stereocenters. The number of benzene rings is 2. The number of ether oxygens (including phenoxy) is 1. The fourth-order valence-corrected chi connectivity index (χ4v) is 3.30. The highest BCUT2D eigenvalue weighted by molar-refractivity contribution is 6.08. The number of carbonyl (C=O) groups is 2. The molecule has 1 saturated heterocycles. The molecule has 1 amide bonds. The van der Waals surface area contributed by atoms with Crippen molar-refractivity contribution < 1.29 is 14.3 Å². The van der Waals surface area contributed by atoms with Gasteiger partial charge in [0.25, 0.3) is 5.91 Å². The fourth-order valence-electron chi connectivity index (χ4n) is 3.30. The van der Waals surface area contributed by atoms with Crippen molar-refractivity contribution in [2.24, 2.45) is 0 Å². The van der Waals surface area contributed by atoms with E-state index in [0.717, 1.165) is 25.9 Å². The van der Waals surface area contributed by atoms with Gasteiger partial charge in [0.2, 0.25) is 0 Å². The number of carbonyl (C=O) groups excluding carboxylic acids is 2. The van der Waals surface area contributed by atoms with Crippen LogP contribution < -0.4 is 10.1 Å². The van der Waals surface area contributed by atoms with Crippen molar-refractivity contribution in [1.82, 2.24) is 10.2 Å². The van der Waals surface area contributed by atoms with Gasteiger partial charge < -0.3 is 15.0 Å². The Bertz CT molecular complexity index is 750. The minimum absolute atomic E-state index is 0. The Labute approximate surface area is 166 Å². The quantitative estimate of drug-likeness (QED) is 0.741. The van der Waals surface area contributed by atoms with Gasteiger partial charge in [0.1, 0.15) is 5.75 Å². The van der Waals surface area contributed by atoms with Crippen LogP contribution in [0.25, 0.3) is 0 Å². The van der Waals surface area contributed by atoms with Gasteiger partial charge in [-0.3, -0.25) is 9.59 Å². The Kier molecular flexibility index (Phi) is 7.82. The summed E-state index contributed by atoms with van der Waals surface area (Å²) in [5.74, 6) is 0.569. The molecule has 0 saturated carbocycles. The summed E-state index contributed by atoms with van der Waals surface area (Å²) in [6.07, 6.45) is 2.07. The van der Waals surface area contributed by atoms with Crippen LogP contribution in [0.1, 0.15) is 28.8 Å². The first-order valence-corrected chi connectivity index (χ1v) is 8.95. The van der Waals surface area contributed by atoms with E-state index in [1.54, 1.807) is 36.4 Å². The summed E-state index contributed by atoms with van der Waals surface area (Å²) in [6, 6.07) is 16.3. The summed E-state index contributed by atoms with van der Waals surface area (Å²) in [4.78, 5) is 26.7. The number of nitrogens with one attached hydrogen (secondary N) is 1. The van der Waals surface area contributed by atoms with Gasteiger partial charge in [-0.2, -0.15) is 0 Å². The zero-order chi connectivity index (χ0) is 18.4. The lowest BCUT2D eigenvalue weighted by Crippen LogP contribution is -2.43. The molecule has 2 aromatic rings. The van der Waals surface area contributed by atoms with Crippen LogP contribution in [0.4, 0.5) is 0 Å². The summed E-state index contributed by atoms with van der Waals surface area (Å²) < 4.78 is 5.62. The fraction of sp³-hybridized carbons (Fsp3) is 0.333. The Morgan fingerprint density at radius 2 is 1.74 bits per heavy atom. The third kappa shape index (κ3) is 5.31. The molecule has 1 N–H and O–H groups in total. The minimum Gasteiger partial charge on any atom is -0.484 e. The lowest BCUT2D eigenvalue weighted by atomic mass is 10.0. The number of hydrogen-bond acceptors (Lipinski definition) is 4. The lowest BCUT2D eigenvalue weighted by Gasteiger charge is -2.24. The number of likely N-dealkylation sites (tertiary alicyclic amines) is 1. The van der Waals surface area contributed by atoms with Crippen LogP contribution in [0.5, 0.6) is 5.75 Å².